The molecule has 0 saturated heterocycles. The Hall–Kier alpha value is -2.11. The fourth-order valence-electron chi connectivity index (χ4n) is 2.58. The summed E-state index contributed by atoms with van der Waals surface area (Å²) in [6.07, 6.45) is 10.0. The zero-order valence-corrected chi connectivity index (χ0v) is 10.6. The van der Waals surface area contributed by atoms with E-state index in [2.05, 4.69) is 10.1 Å². The maximum Gasteiger partial charge on any atom is 0.356 e. The Bertz CT molecular complexity index is 581. The maximum absolute atomic E-state index is 10.7. The summed E-state index contributed by atoms with van der Waals surface area (Å²) in [5.74, 6) is -1.00. The topological polar surface area (TPSA) is 72.9 Å². The number of aromatic carboxylic acids is 1. The molecule has 1 aliphatic rings. The van der Waals surface area contributed by atoms with Gasteiger partial charge in [-0.15, -0.1) is 0 Å². The molecule has 1 fully saturated rings. The van der Waals surface area contributed by atoms with Gasteiger partial charge in [-0.05, 0) is 18.9 Å². The van der Waals surface area contributed by atoms with E-state index in [1.165, 1.54) is 38.2 Å². The summed E-state index contributed by atoms with van der Waals surface area (Å²) < 4.78 is 3.78. The van der Waals surface area contributed by atoms with E-state index in [0.717, 1.165) is 5.69 Å². The predicted octanol–water partition coefficient (Wildman–Crippen LogP) is 1.94. The molecule has 0 radical (unpaired) electrons. The summed E-state index contributed by atoms with van der Waals surface area (Å²) in [6, 6.07) is 2.52. The highest BCUT2D eigenvalue weighted by Crippen LogP contribution is 2.28. The molecular formula is C13H16N4O2. The van der Waals surface area contributed by atoms with Crippen LogP contribution in [0.5, 0.6) is 0 Å². The smallest absolute Gasteiger partial charge is 0.356 e. The molecular weight excluding hydrogens is 244 g/mol. The van der Waals surface area contributed by atoms with Gasteiger partial charge in [0.25, 0.3) is 0 Å². The van der Waals surface area contributed by atoms with Gasteiger partial charge < -0.3 is 9.67 Å². The second-order valence-electron chi connectivity index (χ2n) is 4.96. The summed E-state index contributed by atoms with van der Waals surface area (Å²) >= 11 is 0. The van der Waals surface area contributed by atoms with E-state index in [9.17, 15) is 4.79 Å². The molecule has 1 aliphatic carbocycles. The second-order valence-corrected chi connectivity index (χ2v) is 4.96. The Kier molecular flexibility index (Phi) is 3.06. The van der Waals surface area contributed by atoms with Gasteiger partial charge in [0.15, 0.2) is 5.69 Å². The number of aromatic nitrogens is 4. The molecule has 0 aliphatic heterocycles. The zero-order valence-electron chi connectivity index (χ0n) is 10.6. The minimum Gasteiger partial charge on any atom is -0.476 e. The Balaban J connectivity index is 1.70. The average molecular weight is 260 g/mol. The highest BCUT2D eigenvalue weighted by atomic mass is 16.4. The molecule has 2 aromatic heterocycles. The molecule has 1 N–H and O–H groups in total. The molecule has 6 nitrogen and oxygen atoms in total. The average Bonchev–Trinajstić information content (AvgIpc) is 3.09. The number of carbonyl (C=O) groups is 1. The van der Waals surface area contributed by atoms with Crippen LogP contribution in [0, 0.1) is 0 Å². The first-order chi connectivity index (χ1) is 9.22. The molecule has 3 rings (SSSR count). The molecule has 2 aromatic rings. The van der Waals surface area contributed by atoms with Crippen LogP contribution < -0.4 is 0 Å². The van der Waals surface area contributed by atoms with E-state index < -0.39 is 5.97 Å². The van der Waals surface area contributed by atoms with Crippen LogP contribution in [0.3, 0.4) is 0 Å². The Morgan fingerprint density at radius 3 is 2.89 bits per heavy atom. The van der Waals surface area contributed by atoms with Gasteiger partial charge in [-0.3, -0.25) is 4.68 Å². The van der Waals surface area contributed by atoms with Crippen molar-refractivity contribution in [2.45, 2.75) is 38.3 Å². The van der Waals surface area contributed by atoms with Crippen LogP contribution in [-0.4, -0.2) is 30.4 Å². The van der Waals surface area contributed by atoms with E-state index in [-0.39, 0.29) is 5.69 Å². The van der Waals surface area contributed by atoms with Crippen LogP contribution in [0.2, 0.25) is 0 Å². The molecule has 1 saturated carbocycles. The lowest BCUT2D eigenvalue weighted by molar-refractivity contribution is 0.0691. The van der Waals surface area contributed by atoms with Crippen LogP contribution in [0.1, 0.15) is 47.9 Å². The van der Waals surface area contributed by atoms with E-state index in [0.29, 0.717) is 12.6 Å². The minimum absolute atomic E-state index is 0.0650. The SMILES string of the molecule is O=C(O)c1cn(Cc2ccn(C3CCCC3)n2)cn1. The third-order valence-corrected chi connectivity index (χ3v) is 3.56. The molecule has 0 bridgehead atoms. The Morgan fingerprint density at radius 2 is 2.21 bits per heavy atom. The third-order valence-electron chi connectivity index (χ3n) is 3.56. The minimum atomic E-state index is -1.00. The van der Waals surface area contributed by atoms with Crippen molar-refractivity contribution in [1.29, 1.82) is 0 Å². The number of rotatable bonds is 4. The fraction of sp³-hybridized carbons (Fsp3) is 0.462. The van der Waals surface area contributed by atoms with Crippen molar-refractivity contribution in [1.82, 2.24) is 19.3 Å². The molecule has 6 heteroatoms. The highest BCUT2D eigenvalue weighted by Gasteiger charge is 2.17. The summed E-state index contributed by atoms with van der Waals surface area (Å²) in [7, 11) is 0. The predicted molar refractivity (Wildman–Crippen MR) is 68.0 cm³/mol. The summed E-state index contributed by atoms with van der Waals surface area (Å²) in [6.45, 7) is 0.556. The van der Waals surface area contributed by atoms with E-state index in [1.807, 2.05) is 16.9 Å². The van der Waals surface area contributed by atoms with Crippen molar-refractivity contribution in [3.8, 4) is 0 Å². The number of nitrogens with zero attached hydrogens (tertiary/aromatic N) is 4. The van der Waals surface area contributed by atoms with Crippen molar-refractivity contribution in [2.75, 3.05) is 0 Å². The van der Waals surface area contributed by atoms with Crippen molar-refractivity contribution in [2.24, 2.45) is 0 Å². The van der Waals surface area contributed by atoms with Crippen molar-refractivity contribution in [3.05, 3.63) is 36.2 Å². The van der Waals surface area contributed by atoms with Gasteiger partial charge in [-0.25, -0.2) is 9.78 Å². The Morgan fingerprint density at radius 1 is 1.42 bits per heavy atom. The maximum atomic E-state index is 10.7. The number of hydrogen-bond acceptors (Lipinski definition) is 3. The van der Waals surface area contributed by atoms with Gasteiger partial charge in [0.2, 0.25) is 0 Å². The van der Waals surface area contributed by atoms with Crippen molar-refractivity contribution in [3.63, 3.8) is 0 Å². The molecule has 2 heterocycles. The molecule has 0 aromatic carbocycles. The summed E-state index contributed by atoms with van der Waals surface area (Å²) in [5, 5.41) is 13.4. The fourth-order valence-corrected chi connectivity index (χ4v) is 2.58. The number of carboxylic acids is 1. The first-order valence-corrected chi connectivity index (χ1v) is 6.51. The largest absolute Gasteiger partial charge is 0.476 e. The van der Waals surface area contributed by atoms with Gasteiger partial charge in [-0.2, -0.15) is 5.10 Å². The highest BCUT2D eigenvalue weighted by molar-refractivity contribution is 5.84. The lowest BCUT2D eigenvalue weighted by atomic mass is 10.3. The van der Waals surface area contributed by atoms with Crippen LogP contribution >= 0.6 is 0 Å². The second kappa shape index (κ2) is 4.87. The molecule has 0 atom stereocenters. The van der Waals surface area contributed by atoms with Crippen LogP contribution in [0.15, 0.2) is 24.8 Å². The Labute approximate surface area is 110 Å². The number of hydrogen-bond donors (Lipinski definition) is 1. The van der Waals surface area contributed by atoms with Crippen molar-refractivity contribution < 1.29 is 9.90 Å². The third kappa shape index (κ3) is 2.52. The lowest BCUT2D eigenvalue weighted by Crippen LogP contribution is -2.06. The standard InChI is InChI=1S/C13H16N4O2/c18-13(19)12-8-16(9-14-12)7-10-5-6-17(15-10)11-3-1-2-4-11/h5-6,8-9,11H,1-4,7H2,(H,18,19). The van der Waals surface area contributed by atoms with Gasteiger partial charge in [0, 0.05) is 12.4 Å². The van der Waals surface area contributed by atoms with Crippen molar-refractivity contribution >= 4 is 5.97 Å². The first kappa shape index (κ1) is 12.0. The van der Waals surface area contributed by atoms with E-state index in [1.54, 1.807) is 4.57 Å². The molecule has 0 spiro atoms. The summed E-state index contributed by atoms with van der Waals surface area (Å²) in [5.41, 5.74) is 0.997. The molecule has 100 valence electrons. The summed E-state index contributed by atoms with van der Waals surface area (Å²) in [4.78, 5) is 14.6. The van der Waals surface area contributed by atoms with Gasteiger partial charge >= 0.3 is 5.97 Å². The quantitative estimate of drug-likeness (QED) is 0.911. The van der Waals surface area contributed by atoms with Crippen LogP contribution in [-0.2, 0) is 6.54 Å². The number of carboxylic acid groups (broad SMARTS) is 1. The first-order valence-electron chi connectivity index (χ1n) is 6.51. The van der Waals surface area contributed by atoms with E-state index >= 15 is 0 Å². The normalized spacial score (nSPS) is 16.0. The number of imidazole rings is 1. The van der Waals surface area contributed by atoms with Gasteiger partial charge in [0.05, 0.1) is 24.6 Å². The van der Waals surface area contributed by atoms with Gasteiger partial charge in [0.1, 0.15) is 0 Å². The zero-order chi connectivity index (χ0) is 13.2. The van der Waals surface area contributed by atoms with Crippen LogP contribution in [0.25, 0.3) is 0 Å². The molecule has 0 unspecified atom stereocenters. The van der Waals surface area contributed by atoms with Gasteiger partial charge in [-0.1, -0.05) is 12.8 Å². The lowest BCUT2D eigenvalue weighted by Gasteiger charge is -2.08. The molecule has 19 heavy (non-hydrogen) atoms. The van der Waals surface area contributed by atoms with E-state index in [4.69, 9.17) is 5.11 Å². The van der Waals surface area contributed by atoms with Crippen LogP contribution in [0.4, 0.5) is 0 Å². The monoisotopic (exact) mass is 260 g/mol. The molecule has 0 amide bonds.